The molecule has 0 radical (unpaired) electrons. The molecule has 0 N–H and O–H groups in total. The summed E-state index contributed by atoms with van der Waals surface area (Å²) in [6, 6.07) is 15.5. The Balaban J connectivity index is 1.94. The van der Waals surface area contributed by atoms with Crippen molar-refractivity contribution in [2.24, 2.45) is 0 Å². The molecule has 5 nitrogen and oxygen atoms in total. The fourth-order valence-corrected chi connectivity index (χ4v) is 3.76. The van der Waals surface area contributed by atoms with Gasteiger partial charge < -0.3 is 4.74 Å². The van der Waals surface area contributed by atoms with Crippen LogP contribution in [0.1, 0.15) is 38.2 Å². The fraction of sp³-hybridized carbons (Fsp3) is 0.227. The van der Waals surface area contributed by atoms with E-state index in [-0.39, 0.29) is 17.9 Å². The van der Waals surface area contributed by atoms with Crippen LogP contribution in [0.5, 0.6) is 0 Å². The number of carbonyl (C=O) groups excluding carboxylic acids is 2. The monoisotopic (exact) mass is 412 g/mol. The zero-order valence-corrected chi connectivity index (χ0v) is 17.0. The van der Waals surface area contributed by atoms with Crippen molar-refractivity contribution in [1.82, 2.24) is 4.98 Å². The van der Waals surface area contributed by atoms with Crippen LogP contribution in [-0.4, -0.2) is 30.0 Å². The van der Waals surface area contributed by atoms with Crippen molar-refractivity contribution in [3.05, 3.63) is 82.1 Å². The maximum atomic E-state index is 14.3. The second-order valence-corrected chi connectivity index (χ2v) is 7.48. The molecular weight excluding hydrogens is 391 g/mol. The van der Waals surface area contributed by atoms with Crippen molar-refractivity contribution in [3.63, 3.8) is 0 Å². The maximum Gasteiger partial charge on any atom is 0.358 e. The summed E-state index contributed by atoms with van der Waals surface area (Å²) in [5, 5.41) is 0.342. The van der Waals surface area contributed by atoms with E-state index in [9.17, 15) is 14.0 Å². The molecule has 0 bridgehead atoms. The highest BCUT2D eigenvalue weighted by atomic mass is 32.1. The standard InChI is InChI=1S/C22H21FN2O3S/c1-3-28-21(27)19-15(2)29-22(24-19)25(14-13-16-9-5-4-6-10-16)20(26)17-11-7-8-12-18(17)23/h4-12H,3,13-14H2,1-2H3. The second-order valence-electron chi connectivity index (χ2n) is 6.29. The van der Waals surface area contributed by atoms with Gasteiger partial charge in [-0.25, -0.2) is 14.2 Å². The third-order valence-electron chi connectivity index (χ3n) is 4.30. The number of hydrogen-bond donors (Lipinski definition) is 0. The number of ether oxygens (including phenoxy) is 1. The number of rotatable bonds is 7. The molecule has 0 saturated heterocycles. The third kappa shape index (κ3) is 4.86. The topological polar surface area (TPSA) is 59.5 Å². The first-order valence-corrected chi connectivity index (χ1v) is 10.1. The third-order valence-corrected chi connectivity index (χ3v) is 5.30. The molecule has 0 aliphatic heterocycles. The molecule has 0 aliphatic carbocycles. The minimum atomic E-state index is -0.596. The summed E-state index contributed by atoms with van der Waals surface area (Å²) in [6.07, 6.45) is 0.564. The highest BCUT2D eigenvalue weighted by molar-refractivity contribution is 7.16. The molecule has 0 spiro atoms. The summed E-state index contributed by atoms with van der Waals surface area (Å²) in [4.78, 5) is 31.7. The number of aromatic nitrogens is 1. The van der Waals surface area contributed by atoms with Gasteiger partial charge in [-0.05, 0) is 38.0 Å². The normalized spacial score (nSPS) is 10.6. The molecule has 3 aromatic rings. The summed E-state index contributed by atoms with van der Waals surface area (Å²) in [5.41, 5.74) is 1.18. The first-order valence-electron chi connectivity index (χ1n) is 9.26. The number of esters is 1. The molecule has 29 heavy (non-hydrogen) atoms. The van der Waals surface area contributed by atoms with Gasteiger partial charge in [-0.1, -0.05) is 42.5 Å². The van der Waals surface area contributed by atoms with Crippen molar-refractivity contribution in [2.45, 2.75) is 20.3 Å². The van der Waals surface area contributed by atoms with Gasteiger partial charge in [0.05, 0.1) is 12.2 Å². The molecule has 2 aromatic carbocycles. The van der Waals surface area contributed by atoms with Crippen LogP contribution in [0, 0.1) is 12.7 Å². The summed E-state index contributed by atoms with van der Waals surface area (Å²) < 4.78 is 19.3. The SMILES string of the molecule is CCOC(=O)c1nc(N(CCc2ccccc2)C(=O)c2ccccc2F)sc1C. The molecule has 0 aliphatic rings. The van der Waals surface area contributed by atoms with Crippen LogP contribution >= 0.6 is 11.3 Å². The second kappa shape index (κ2) is 9.43. The Morgan fingerprint density at radius 3 is 2.48 bits per heavy atom. The minimum Gasteiger partial charge on any atom is -0.461 e. The Morgan fingerprint density at radius 1 is 1.10 bits per heavy atom. The molecule has 0 saturated carbocycles. The number of benzene rings is 2. The van der Waals surface area contributed by atoms with Crippen molar-refractivity contribution in [1.29, 1.82) is 0 Å². The van der Waals surface area contributed by atoms with E-state index < -0.39 is 17.7 Å². The molecule has 3 rings (SSSR count). The van der Waals surface area contributed by atoms with E-state index in [2.05, 4.69) is 4.98 Å². The van der Waals surface area contributed by atoms with Gasteiger partial charge in [0.2, 0.25) is 0 Å². The van der Waals surface area contributed by atoms with Crippen LogP contribution in [0.15, 0.2) is 54.6 Å². The predicted octanol–water partition coefficient (Wildman–Crippen LogP) is 4.66. The van der Waals surface area contributed by atoms with Crippen LogP contribution in [0.2, 0.25) is 0 Å². The fourth-order valence-electron chi connectivity index (χ4n) is 2.84. The number of carbonyl (C=O) groups is 2. The first-order chi connectivity index (χ1) is 14.0. The Labute approximate surface area is 172 Å². The smallest absolute Gasteiger partial charge is 0.358 e. The van der Waals surface area contributed by atoms with E-state index >= 15 is 0 Å². The highest BCUT2D eigenvalue weighted by Gasteiger charge is 2.26. The van der Waals surface area contributed by atoms with Gasteiger partial charge in [-0.3, -0.25) is 9.69 Å². The van der Waals surface area contributed by atoms with Crippen LogP contribution in [0.4, 0.5) is 9.52 Å². The molecule has 1 amide bonds. The lowest BCUT2D eigenvalue weighted by atomic mass is 10.1. The number of anilines is 1. The zero-order chi connectivity index (χ0) is 20.8. The van der Waals surface area contributed by atoms with Crippen LogP contribution in [0.25, 0.3) is 0 Å². The zero-order valence-electron chi connectivity index (χ0n) is 16.2. The molecular formula is C22H21FN2O3S. The Bertz CT molecular complexity index is 1000. The van der Waals surface area contributed by atoms with Gasteiger partial charge >= 0.3 is 5.97 Å². The van der Waals surface area contributed by atoms with Crippen molar-refractivity contribution in [3.8, 4) is 0 Å². The summed E-state index contributed by atoms with van der Waals surface area (Å²) in [6.45, 7) is 3.99. The highest BCUT2D eigenvalue weighted by Crippen LogP contribution is 2.28. The van der Waals surface area contributed by atoms with Crippen molar-refractivity contribution in [2.75, 3.05) is 18.1 Å². The molecule has 0 unspecified atom stereocenters. The lowest BCUT2D eigenvalue weighted by molar-refractivity contribution is 0.0519. The van der Waals surface area contributed by atoms with Crippen molar-refractivity contribution >= 4 is 28.3 Å². The summed E-state index contributed by atoms with van der Waals surface area (Å²) >= 11 is 1.21. The van der Waals surface area contributed by atoms with Crippen LogP contribution in [0.3, 0.4) is 0 Å². The average molecular weight is 412 g/mol. The van der Waals surface area contributed by atoms with Gasteiger partial charge in [0.25, 0.3) is 5.91 Å². The van der Waals surface area contributed by atoms with Gasteiger partial charge in [0.1, 0.15) is 5.82 Å². The Morgan fingerprint density at radius 2 is 1.79 bits per heavy atom. The number of aryl methyl sites for hydroxylation is 1. The van der Waals surface area contributed by atoms with E-state index in [0.717, 1.165) is 5.56 Å². The van der Waals surface area contributed by atoms with Gasteiger partial charge in [0.15, 0.2) is 10.8 Å². The predicted molar refractivity (Wildman–Crippen MR) is 111 cm³/mol. The molecule has 1 aromatic heterocycles. The number of nitrogens with zero attached hydrogens (tertiary/aromatic N) is 2. The molecule has 150 valence electrons. The Hall–Kier alpha value is -3.06. The molecule has 0 fully saturated rings. The summed E-state index contributed by atoms with van der Waals surface area (Å²) in [5.74, 6) is -1.63. The van der Waals surface area contributed by atoms with Crippen molar-refractivity contribution < 1.29 is 18.7 Å². The largest absolute Gasteiger partial charge is 0.461 e. The lowest BCUT2D eigenvalue weighted by Gasteiger charge is -2.20. The molecule has 1 heterocycles. The van der Waals surface area contributed by atoms with E-state index in [1.807, 2.05) is 30.3 Å². The van der Waals surface area contributed by atoms with E-state index in [4.69, 9.17) is 4.74 Å². The number of hydrogen-bond acceptors (Lipinski definition) is 5. The average Bonchev–Trinajstić information content (AvgIpc) is 3.11. The quantitative estimate of drug-likeness (QED) is 0.530. The Kier molecular flexibility index (Phi) is 6.72. The van der Waals surface area contributed by atoms with Gasteiger partial charge in [-0.15, -0.1) is 11.3 Å². The number of halogens is 1. The van der Waals surface area contributed by atoms with Crippen LogP contribution < -0.4 is 4.90 Å². The number of amides is 1. The maximum absolute atomic E-state index is 14.3. The van der Waals surface area contributed by atoms with E-state index in [1.165, 1.54) is 34.4 Å². The molecule has 7 heteroatoms. The van der Waals surface area contributed by atoms with Gasteiger partial charge in [-0.2, -0.15) is 0 Å². The van der Waals surface area contributed by atoms with Crippen LogP contribution in [-0.2, 0) is 11.2 Å². The van der Waals surface area contributed by atoms with E-state index in [0.29, 0.717) is 23.0 Å². The minimum absolute atomic E-state index is 0.0360. The van der Waals surface area contributed by atoms with Gasteiger partial charge in [0, 0.05) is 11.4 Å². The lowest BCUT2D eigenvalue weighted by Crippen LogP contribution is -2.33. The first kappa shape index (κ1) is 20.7. The summed E-state index contributed by atoms with van der Waals surface area (Å²) in [7, 11) is 0. The number of thiazole rings is 1. The molecule has 0 atom stereocenters. The van der Waals surface area contributed by atoms with E-state index in [1.54, 1.807) is 19.9 Å².